The number of aromatic nitrogens is 1. The van der Waals surface area contributed by atoms with Gasteiger partial charge in [0, 0.05) is 5.41 Å². The van der Waals surface area contributed by atoms with Gasteiger partial charge in [-0.1, -0.05) is 20.8 Å². The fourth-order valence-electron chi connectivity index (χ4n) is 1.26. The number of aromatic carboxylic acids is 1. The van der Waals surface area contributed by atoms with Crippen LogP contribution in [0.15, 0.2) is 0 Å². The number of carboxylic acid groups (broad SMARTS) is 1. The Labute approximate surface area is 110 Å². The molecule has 0 bridgehead atoms. The van der Waals surface area contributed by atoms with Crippen molar-refractivity contribution in [1.29, 1.82) is 0 Å². The Morgan fingerprint density at radius 2 is 1.79 bits per heavy atom. The second-order valence-electron chi connectivity index (χ2n) is 4.74. The molecule has 1 aromatic rings. The zero-order chi connectivity index (χ0) is 15.0. The Bertz CT molecular complexity index is 517. The number of anilines is 1. The van der Waals surface area contributed by atoms with Crippen molar-refractivity contribution in [2.45, 2.75) is 32.4 Å². The van der Waals surface area contributed by atoms with Gasteiger partial charge in [-0.05, 0) is 11.5 Å². The lowest BCUT2D eigenvalue weighted by Crippen LogP contribution is -2.30. The maximum absolute atomic E-state index is 12.1. The molecule has 19 heavy (non-hydrogen) atoms. The van der Waals surface area contributed by atoms with Crippen molar-refractivity contribution >= 4 is 28.4 Å². The highest BCUT2D eigenvalue weighted by atomic mass is 32.1. The van der Waals surface area contributed by atoms with Gasteiger partial charge in [0.05, 0.1) is 5.69 Å². The van der Waals surface area contributed by atoms with Crippen molar-refractivity contribution in [2.75, 3.05) is 5.32 Å². The summed E-state index contributed by atoms with van der Waals surface area (Å²) in [6, 6.07) is 0. The molecule has 0 saturated heterocycles. The van der Waals surface area contributed by atoms with E-state index in [1.54, 1.807) is 20.8 Å². The van der Waals surface area contributed by atoms with E-state index in [0.29, 0.717) is 11.5 Å². The van der Waals surface area contributed by atoms with Gasteiger partial charge in [-0.2, -0.15) is 17.5 Å². The molecule has 1 rings (SSSR count). The number of nitrogens with one attached hydrogen (secondary N) is 1. The van der Waals surface area contributed by atoms with Crippen LogP contribution in [0.4, 0.5) is 18.2 Å². The fourth-order valence-corrected chi connectivity index (χ4v) is 2.22. The minimum absolute atomic E-state index is 0.127. The SMILES string of the molecule is CC(C)(C)c1nsc(NC(=O)C(F)(F)F)c1C(=O)O. The van der Waals surface area contributed by atoms with Crippen LogP contribution in [-0.2, 0) is 10.2 Å². The van der Waals surface area contributed by atoms with E-state index in [1.807, 2.05) is 0 Å². The number of halogens is 3. The average Bonchev–Trinajstić information content (AvgIpc) is 2.59. The summed E-state index contributed by atoms with van der Waals surface area (Å²) in [5.74, 6) is -3.66. The number of carboxylic acids is 1. The topological polar surface area (TPSA) is 79.3 Å². The molecule has 0 aliphatic heterocycles. The highest BCUT2D eigenvalue weighted by molar-refractivity contribution is 7.11. The molecule has 0 radical (unpaired) electrons. The number of carbonyl (C=O) groups is 2. The van der Waals surface area contributed by atoms with Gasteiger partial charge >= 0.3 is 18.1 Å². The summed E-state index contributed by atoms with van der Waals surface area (Å²) < 4.78 is 40.2. The first-order chi connectivity index (χ1) is 8.44. The van der Waals surface area contributed by atoms with Gasteiger partial charge in [0.15, 0.2) is 0 Å². The van der Waals surface area contributed by atoms with Crippen molar-refractivity contribution < 1.29 is 27.9 Å². The third kappa shape index (κ3) is 3.43. The predicted octanol–water partition coefficient (Wildman–Crippen LogP) is 2.64. The Morgan fingerprint density at radius 1 is 1.26 bits per heavy atom. The molecule has 0 aromatic carbocycles. The third-order valence-corrected chi connectivity index (χ3v) is 2.86. The van der Waals surface area contributed by atoms with Gasteiger partial charge in [0.25, 0.3) is 0 Å². The number of alkyl halides is 3. The Balaban J connectivity index is 3.21. The maximum atomic E-state index is 12.1. The van der Waals surface area contributed by atoms with Gasteiger partial charge in [-0.15, -0.1) is 0 Å². The maximum Gasteiger partial charge on any atom is 0.471 e. The van der Waals surface area contributed by atoms with E-state index in [4.69, 9.17) is 5.11 Å². The second kappa shape index (κ2) is 4.80. The summed E-state index contributed by atoms with van der Waals surface area (Å²) in [7, 11) is 0. The lowest BCUT2D eigenvalue weighted by atomic mass is 9.89. The smallest absolute Gasteiger partial charge is 0.471 e. The normalized spacial score (nSPS) is 12.3. The molecule has 1 aromatic heterocycles. The molecule has 0 aliphatic rings. The van der Waals surface area contributed by atoms with Gasteiger partial charge < -0.3 is 10.4 Å². The highest BCUT2D eigenvalue weighted by Crippen LogP contribution is 2.34. The van der Waals surface area contributed by atoms with Crippen LogP contribution in [0.2, 0.25) is 0 Å². The summed E-state index contributed by atoms with van der Waals surface area (Å²) in [6.07, 6.45) is -5.08. The number of hydrogen-bond acceptors (Lipinski definition) is 4. The van der Waals surface area contributed by atoms with E-state index in [9.17, 15) is 22.8 Å². The summed E-state index contributed by atoms with van der Waals surface area (Å²) in [5, 5.41) is 10.2. The van der Waals surface area contributed by atoms with E-state index in [2.05, 4.69) is 4.37 Å². The number of rotatable bonds is 2. The van der Waals surface area contributed by atoms with Crippen molar-refractivity contribution in [3.8, 4) is 0 Å². The largest absolute Gasteiger partial charge is 0.478 e. The molecule has 2 N–H and O–H groups in total. The number of nitrogens with zero attached hydrogens (tertiary/aromatic N) is 1. The molecular formula is C10H11F3N2O3S. The van der Waals surface area contributed by atoms with Crippen LogP contribution in [0, 0.1) is 0 Å². The average molecular weight is 296 g/mol. The van der Waals surface area contributed by atoms with Crippen LogP contribution >= 0.6 is 11.5 Å². The third-order valence-electron chi connectivity index (χ3n) is 2.10. The standard InChI is InChI=1S/C10H11F3N2O3S/c1-9(2,3)5-4(7(16)17)6(19-15-5)14-8(18)10(11,12)13/h1-3H3,(H,14,18)(H,16,17). The Kier molecular flexibility index (Phi) is 3.89. The molecular weight excluding hydrogens is 285 g/mol. The molecule has 106 valence electrons. The monoisotopic (exact) mass is 296 g/mol. The zero-order valence-corrected chi connectivity index (χ0v) is 11.1. The number of carbonyl (C=O) groups excluding carboxylic acids is 1. The van der Waals surface area contributed by atoms with Crippen LogP contribution in [0.1, 0.15) is 36.8 Å². The summed E-state index contributed by atoms with van der Waals surface area (Å²) in [4.78, 5) is 21.9. The molecule has 0 spiro atoms. The summed E-state index contributed by atoms with van der Waals surface area (Å²) in [5.41, 5.74) is -0.941. The summed E-state index contributed by atoms with van der Waals surface area (Å²) in [6.45, 7) is 5.01. The van der Waals surface area contributed by atoms with Crippen molar-refractivity contribution in [3.05, 3.63) is 11.3 Å². The molecule has 0 fully saturated rings. The van der Waals surface area contributed by atoms with Crippen LogP contribution in [0.5, 0.6) is 0 Å². The molecule has 0 atom stereocenters. The number of amides is 1. The van der Waals surface area contributed by atoms with E-state index < -0.39 is 34.0 Å². The van der Waals surface area contributed by atoms with E-state index >= 15 is 0 Å². The molecule has 9 heteroatoms. The van der Waals surface area contributed by atoms with Gasteiger partial charge in [-0.3, -0.25) is 4.79 Å². The first-order valence-electron chi connectivity index (χ1n) is 5.06. The lowest BCUT2D eigenvalue weighted by Gasteiger charge is -2.16. The van der Waals surface area contributed by atoms with E-state index in [1.165, 1.54) is 5.32 Å². The highest BCUT2D eigenvalue weighted by Gasteiger charge is 2.40. The van der Waals surface area contributed by atoms with Crippen molar-refractivity contribution in [2.24, 2.45) is 0 Å². The van der Waals surface area contributed by atoms with Gasteiger partial charge in [0.2, 0.25) is 0 Å². The molecule has 0 saturated carbocycles. The minimum Gasteiger partial charge on any atom is -0.478 e. The zero-order valence-electron chi connectivity index (χ0n) is 10.3. The van der Waals surface area contributed by atoms with Crippen LogP contribution in [-0.4, -0.2) is 27.5 Å². The first-order valence-corrected chi connectivity index (χ1v) is 5.83. The van der Waals surface area contributed by atoms with E-state index in [-0.39, 0.29) is 5.69 Å². The second-order valence-corrected chi connectivity index (χ2v) is 5.52. The lowest BCUT2D eigenvalue weighted by molar-refractivity contribution is -0.167. The fraction of sp³-hybridized carbons (Fsp3) is 0.500. The van der Waals surface area contributed by atoms with Gasteiger partial charge in [-0.25, -0.2) is 4.79 Å². The van der Waals surface area contributed by atoms with Crippen LogP contribution in [0.3, 0.4) is 0 Å². The molecule has 1 heterocycles. The predicted molar refractivity (Wildman–Crippen MR) is 62.5 cm³/mol. The Hall–Kier alpha value is -1.64. The van der Waals surface area contributed by atoms with Crippen LogP contribution in [0.25, 0.3) is 0 Å². The quantitative estimate of drug-likeness (QED) is 0.879. The molecule has 5 nitrogen and oxygen atoms in total. The molecule has 1 amide bonds. The minimum atomic E-state index is -5.08. The Morgan fingerprint density at radius 3 is 2.16 bits per heavy atom. The summed E-state index contributed by atoms with van der Waals surface area (Å²) >= 11 is 0.513. The number of hydrogen-bond donors (Lipinski definition) is 2. The van der Waals surface area contributed by atoms with Crippen molar-refractivity contribution in [1.82, 2.24) is 4.37 Å². The van der Waals surface area contributed by atoms with Gasteiger partial charge in [0.1, 0.15) is 10.6 Å². The van der Waals surface area contributed by atoms with Crippen molar-refractivity contribution in [3.63, 3.8) is 0 Å². The molecule has 0 aliphatic carbocycles. The molecule has 0 unspecified atom stereocenters. The van der Waals surface area contributed by atoms with Crippen LogP contribution < -0.4 is 5.32 Å². The van der Waals surface area contributed by atoms with E-state index in [0.717, 1.165) is 0 Å². The first kappa shape index (κ1) is 15.4.